The normalized spacial score (nSPS) is 10.9. The molecule has 0 heterocycles. The summed E-state index contributed by atoms with van der Waals surface area (Å²) in [5.41, 5.74) is 2.59. The van der Waals surface area contributed by atoms with Crippen molar-refractivity contribution in [1.82, 2.24) is 4.90 Å². The predicted octanol–water partition coefficient (Wildman–Crippen LogP) is -0.181. The first-order valence-corrected chi connectivity index (χ1v) is 6.87. The second-order valence-electron chi connectivity index (χ2n) is 5.30. The van der Waals surface area contributed by atoms with Crippen molar-refractivity contribution >= 4 is 25.7 Å². The largest absolute Gasteiger partial charge is 0.488 e. The van der Waals surface area contributed by atoms with E-state index in [2.05, 4.69) is 18.1 Å². The van der Waals surface area contributed by atoms with Crippen LogP contribution in [0.5, 0.6) is 0 Å². The van der Waals surface area contributed by atoms with Crippen LogP contribution in [-0.4, -0.2) is 29.1 Å². The number of hydrogen-bond acceptors (Lipinski definition) is 3. The van der Waals surface area contributed by atoms with Gasteiger partial charge in [-0.2, -0.15) is 0 Å². The summed E-state index contributed by atoms with van der Waals surface area (Å²) in [6.07, 6.45) is 0. The summed E-state index contributed by atoms with van der Waals surface area (Å²) in [5.74, 6) is 0. The van der Waals surface area contributed by atoms with Crippen LogP contribution < -0.4 is 15.9 Å². The molecule has 0 aliphatic carbocycles. The topological polar surface area (TPSA) is 43.7 Å². The van der Waals surface area contributed by atoms with Crippen molar-refractivity contribution in [2.75, 3.05) is 7.05 Å². The van der Waals surface area contributed by atoms with Gasteiger partial charge in [-0.1, -0.05) is 55.6 Å². The number of hydrogen-bond donors (Lipinski definition) is 2. The molecular weight excluding hydrogens is 261 g/mol. The first-order chi connectivity index (χ1) is 9.99. The molecule has 21 heavy (non-hydrogen) atoms. The Morgan fingerprint density at radius 3 is 2.29 bits per heavy atom. The lowest BCUT2D eigenvalue weighted by Crippen LogP contribution is -2.35. The SMILES string of the molecule is C=c1cccc(CN(C)Cc2ccccc2B(O)O)c1=C. The molecule has 0 aliphatic heterocycles. The fourth-order valence-electron chi connectivity index (χ4n) is 2.40. The van der Waals surface area contributed by atoms with E-state index in [1.54, 1.807) is 12.1 Å². The van der Waals surface area contributed by atoms with Gasteiger partial charge >= 0.3 is 7.12 Å². The number of benzene rings is 2. The van der Waals surface area contributed by atoms with Gasteiger partial charge in [0.05, 0.1) is 0 Å². The molecule has 4 heteroatoms. The summed E-state index contributed by atoms with van der Waals surface area (Å²) < 4.78 is 0. The molecule has 0 atom stereocenters. The first kappa shape index (κ1) is 15.5. The van der Waals surface area contributed by atoms with Crippen molar-refractivity contribution in [2.45, 2.75) is 13.1 Å². The van der Waals surface area contributed by atoms with E-state index in [4.69, 9.17) is 0 Å². The molecule has 2 aromatic rings. The minimum atomic E-state index is -1.44. The molecule has 2 aromatic carbocycles. The van der Waals surface area contributed by atoms with Gasteiger partial charge in [0.2, 0.25) is 0 Å². The smallest absolute Gasteiger partial charge is 0.423 e. The van der Waals surface area contributed by atoms with Crippen LogP contribution in [0.25, 0.3) is 13.2 Å². The van der Waals surface area contributed by atoms with Crippen LogP contribution in [0.4, 0.5) is 0 Å². The summed E-state index contributed by atoms with van der Waals surface area (Å²) >= 11 is 0. The molecule has 0 bridgehead atoms. The Bertz CT molecular complexity index is 715. The van der Waals surface area contributed by atoms with Crippen molar-refractivity contribution < 1.29 is 10.0 Å². The highest BCUT2D eigenvalue weighted by molar-refractivity contribution is 6.59. The Balaban J connectivity index is 2.16. The summed E-state index contributed by atoms with van der Waals surface area (Å²) in [5, 5.41) is 20.7. The van der Waals surface area contributed by atoms with E-state index in [-0.39, 0.29) is 0 Å². The van der Waals surface area contributed by atoms with Gasteiger partial charge in [0.25, 0.3) is 0 Å². The fraction of sp³-hybridized carbons (Fsp3) is 0.176. The van der Waals surface area contributed by atoms with Crippen molar-refractivity contribution in [3.63, 3.8) is 0 Å². The van der Waals surface area contributed by atoms with Crippen molar-refractivity contribution in [2.24, 2.45) is 0 Å². The lowest BCUT2D eigenvalue weighted by Gasteiger charge is -2.19. The summed E-state index contributed by atoms with van der Waals surface area (Å²) in [7, 11) is 0.552. The minimum Gasteiger partial charge on any atom is -0.423 e. The summed E-state index contributed by atoms with van der Waals surface area (Å²) in [4.78, 5) is 2.12. The highest BCUT2D eigenvalue weighted by Gasteiger charge is 2.16. The summed E-state index contributed by atoms with van der Waals surface area (Å²) in [6, 6.07) is 13.3. The molecule has 2 N–H and O–H groups in total. The predicted molar refractivity (Wildman–Crippen MR) is 88.2 cm³/mol. The highest BCUT2D eigenvalue weighted by Crippen LogP contribution is 2.04. The van der Waals surface area contributed by atoms with Crippen LogP contribution in [0.3, 0.4) is 0 Å². The third-order valence-electron chi connectivity index (χ3n) is 3.58. The zero-order chi connectivity index (χ0) is 15.4. The number of nitrogens with zero attached hydrogens (tertiary/aromatic N) is 1. The Labute approximate surface area is 125 Å². The molecule has 0 amide bonds. The van der Waals surface area contributed by atoms with E-state index in [1.807, 2.05) is 37.4 Å². The van der Waals surface area contributed by atoms with Crippen molar-refractivity contribution in [1.29, 1.82) is 0 Å². The van der Waals surface area contributed by atoms with Gasteiger partial charge in [0.15, 0.2) is 0 Å². The van der Waals surface area contributed by atoms with Crippen LogP contribution in [0.2, 0.25) is 0 Å². The Hall–Kier alpha value is -1.88. The quantitative estimate of drug-likeness (QED) is 0.747. The molecule has 0 spiro atoms. The Morgan fingerprint density at radius 1 is 0.952 bits per heavy atom. The first-order valence-electron chi connectivity index (χ1n) is 6.87. The van der Waals surface area contributed by atoms with Gasteiger partial charge in [-0.3, -0.25) is 4.90 Å². The van der Waals surface area contributed by atoms with E-state index >= 15 is 0 Å². The molecule has 0 unspecified atom stereocenters. The molecule has 0 fully saturated rings. The molecule has 3 nitrogen and oxygen atoms in total. The van der Waals surface area contributed by atoms with E-state index in [0.29, 0.717) is 12.0 Å². The average molecular weight is 281 g/mol. The van der Waals surface area contributed by atoms with Crippen LogP contribution >= 0.6 is 0 Å². The fourth-order valence-corrected chi connectivity index (χ4v) is 2.40. The Morgan fingerprint density at radius 2 is 1.57 bits per heavy atom. The van der Waals surface area contributed by atoms with Gasteiger partial charge in [0.1, 0.15) is 0 Å². The molecule has 0 radical (unpaired) electrons. The van der Waals surface area contributed by atoms with Gasteiger partial charge in [0, 0.05) is 13.1 Å². The van der Waals surface area contributed by atoms with Crippen molar-refractivity contribution in [3.8, 4) is 0 Å². The number of rotatable bonds is 5. The van der Waals surface area contributed by atoms with Crippen molar-refractivity contribution in [3.05, 3.63) is 64.0 Å². The molecule has 0 saturated carbocycles. The molecule has 0 aromatic heterocycles. The van der Waals surface area contributed by atoms with E-state index in [1.165, 1.54) is 0 Å². The van der Waals surface area contributed by atoms with Gasteiger partial charge in [-0.05, 0) is 34.1 Å². The molecular formula is C17H20BNO2. The maximum atomic E-state index is 9.41. The molecule has 108 valence electrons. The van der Waals surface area contributed by atoms with E-state index < -0.39 is 7.12 Å². The van der Waals surface area contributed by atoms with Gasteiger partial charge in [-0.15, -0.1) is 0 Å². The second kappa shape index (κ2) is 6.72. The third kappa shape index (κ3) is 3.82. The third-order valence-corrected chi connectivity index (χ3v) is 3.58. The second-order valence-corrected chi connectivity index (χ2v) is 5.30. The lowest BCUT2D eigenvalue weighted by atomic mass is 9.77. The zero-order valence-corrected chi connectivity index (χ0v) is 12.3. The standard InChI is InChI=1S/C17H20BNO2/c1-13-7-6-9-15(14(13)2)11-19(3)12-16-8-4-5-10-17(16)18(20)21/h4-10,20-21H,1-2,11-12H2,3H3. The maximum Gasteiger partial charge on any atom is 0.488 e. The monoisotopic (exact) mass is 281 g/mol. The van der Waals surface area contributed by atoms with Gasteiger partial charge < -0.3 is 10.0 Å². The zero-order valence-electron chi connectivity index (χ0n) is 12.3. The maximum absolute atomic E-state index is 9.41. The van der Waals surface area contributed by atoms with Gasteiger partial charge in [-0.25, -0.2) is 0 Å². The molecule has 2 rings (SSSR count). The molecule has 0 saturated heterocycles. The van der Waals surface area contributed by atoms with Crippen LogP contribution in [-0.2, 0) is 13.1 Å². The highest BCUT2D eigenvalue weighted by atomic mass is 16.4. The summed E-state index contributed by atoms with van der Waals surface area (Å²) in [6.45, 7) is 9.39. The molecule has 0 aliphatic rings. The average Bonchev–Trinajstić information content (AvgIpc) is 2.44. The minimum absolute atomic E-state index is 0.546. The van der Waals surface area contributed by atoms with Crippen LogP contribution in [0.1, 0.15) is 11.1 Å². The van der Waals surface area contributed by atoms with Crippen LogP contribution in [0.15, 0.2) is 42.5 Å². The van der Waals surface area contributed by atoms with Crippen LogP contribution in [0, 0.1) is 0 Å². The van der Waals surface area contributed by atoms with E-state index in [0.717, 1.165) is 28.1 Å². The Kier molecular flexibility index (Phi) is 4.96. The lowest BCUT2D eigenvalue weighted by molar-refractivity contribution is 0.318. The van der Waals surface area contributed by atoms with E-state index in [9.17, 15) is 10.0 Å².